The first-order valence-corrected chi connectivity index (χ1v) is 7.38. The Morgan fingerprint density at radius 2 is 2.24 bits per heavy atom. The molecule has 1 aliphatic rings. The van der Waals surface area contributed by atoms with E-state index >= 15 is 0 Å². The summed E-state index contributed by atoms with van der Waals surface area (Å²) >= 11 is 0. The smallest absolute Gasteiger partial charge is 0.121 e. The zero-order chi connectivity index (χ0) is 14.9. The zero-order valence-electron chi connectivity index (χ0n) is 12.9. The Kier molecular flexibility index (Phi) is 3.97. The quantitative estimate of drug-likeness (QED) is 0.937. The monoisotopic (exact) mass is 289 g/mol. The number of aromatic amines is 1. The van der Waals surface area contributed by atoms with Gasteiger partial charge in [-0.1, -0.05) is 12.1 Å². The van der Waals surface area contributed by atoms with E-state index in [1.54, 1.807) is 7.11 Å². The highest BCUT2D eigenvalue weighted by Crippen LogP contribution is 2.22. The number of methoxy groups -OCH3 is 1. The number of aromatic nitrogens is 2. The van der Waals surface area contributed by atoms with Gasteiger partial charge in [0.05, 0.1) is 35.9 Å². The molecule has 0 radical (unpaired) electrons. The standard InChI is InChI=1S/C16H23N3O2/c1-16(2)11-19(8-12(21-16)10-20-3)9-15-17-13-6-4-5-7-14(13)18-15/h4-7,12H,8-11H2,1-3H3,(H,17,18)/t12-/m0/s1. The molecule has 5 nitrogen and oxygen atoms in total. The number of hydrogen-bond donors (Lipinski definition) is 1. The van der Waals surface area contributed by atoms with Crippen LogP contribution in [0.5, 0.6) is 0 Å². The van der Waals surface area contributed by atoms with Gasteiger partial charge in [0, 0.05) is 20.2 Å². The first-order chi connectivity index (χ1) is 10.1. The third kappa shape index (κ3) is 3.43. The van der Waals surface area contributed by atoms with Gasteiger partial charge in [0.25, 0.3) is 0 Å². The van der Waals surface area contributed by atoms with E-state index in [2.05, 4.69) is 34.8 Å². The van der Waals surface area contributed by atoms with Crippen LogP contribution >= 0.6 is 0 Å². The summed E-state index contributed by atoms with van der Waals surface area (Å²) in [6.45, 7) is 7.45. The van der Waals surface area contributed by atoms with Crippen LogP contribution in [0.3, 0.4) is 0 Å². The van der Waals surface area contributed by atoms with Crippen molar-refractivity contribution in [2.45, 2.75) is 32.1 Å². The van der Waals surface area contributed by atoms with Crippen LogP contribution in [0.1, 0.15) is 19.7 Å². The molecule has 0 unspecified atom stereocenters. The maximum absolute atomic E-state index is 6.04. The molecule has 1 aliphatic heterocycles. The Morgan fingerprint density at radius 1 is 1.43 bits per heavy atom. The van der Waals surface area contributed by atoms with Crippen molar-refractivity contribution in [2.75, 3.05) is 26.8 Å². The molecule has 2 heterocycles. The van der Waals surface area contributed by atoms with Crippen LogP contribution < -0.4 is 0 Å². The summed E-state index contributed by atoms with van der Waals surface area (Å²) in [6.07, 6.45) is 0.114. The molecule has 0 spiro atoms. The van der Waals surface area contributed by atoms with E-state index in [-0.39, 0.29) is 11.7 Å². The second-order valence-corrected chi connectivity index (χ2v) is 6.33. The number of para-hydroxylation sites is 2. The van der Waals surface area contributed by atoms with Crippen molar-refractivity contribution in [3.63, 3.8) is 0 Å². The molecule has 0 amide bonds. The Hall–Kier alpha value is -1.43. The van der Waals surface area contributed by atoms with Gasteiger partial charge in [-0.3, -0.25) is 4.90 Å². The number of imidazole rings is 1. The van der Waals surface area contributed by atoms with Crippen LogP contribution in [0, 0.1) is 0 Å². The average Bonchev–Trinajstić information content (AvgIpc) is 2.79. The van der Waals surface area contributed by atoms with Crippen molar-refractivity contribution in [2.24, 2.45) is 0 Å². The van der Waals surface area contributed by atoms with Crippen molar-refractivity contribution in [1.29, 1.82) is 0 Å². The van der Waals surface area contributed by atoms with Crippen LogP contribution in [0.2, 0.25) is 0 Å². The second kappa shape index (κ2) is 5.75. The summed E-state index contributed by atoms with van der Waals surface area (Å²) in [5.41, 5.74) is 1.95. The van der Waals surface area contributed by atoms with Crippen LogP contribution in [0.25, 0.3) is 11.0 Å². The third-order valence-corrected chi connectivity index (χ3v) is 3.72. The molecule has 2 aromatic rings. The van der Waals surface area contributed by atoms with Crippen molar-refractivity contribution in [1.82, 2.24) is 14.9 Å². The molecule has 0 aliphatic carbocycles. The van der Waals surface area contributed by atoms with E-state index in [4.69, 9.17) is 9.47 Å². The topological polar surface area (TPSA) is 50.4 Å². The number of ether oxygens (including phenoxy) is 2. The maximum Gasteiger partial charge on any atom is 0.121 e. The lowest BCUT2D eigenvalue weighted by Gasteiger charge is -2.42. The minimum absolute atomic E-state index is 0.114. The summed E-state index contributed by atoms with van der Waals surface area (Å²) in [6, 6.07) is 8.13. The van der Waals surface area contributed by atoms with Gasteiger partial charge >= 0.3 is 0 Å². The van der Waals surface area contributed by atoms with E-state index in [1.165, 1.54) is 0 Å². The van der Waals surface area contributed by atoms with E-state index < -0.39 is 0 Å². The Morgan fingerprint density at radius 3 is 3.00 bits per heavy atom. The van der Waals surface area contributed by atoms with Gasteiger partial charge in [-0.05, 0) is 26.0 Å². The second-order valence-electron chi connectivity index (χ2n) is 6.33. The number of rotatable bonds is 4. The predicted octanol–water partition coefficient (Wildman–Crippen LogP) is 2.19. The van der Waals surface area contributed by atoms with E-state index in [1.807, 2.05) is 18.2 Å². The number of nitrogens with zero attached hydrogens (tertiary/aromatic N) is 2. The molecular weight excluding hydrogens is 266 g/mol. The molecule has 0 bridgehead atoms. The SMILES string of the molecule is COC[C@@H]1CN(Cc2nc3ccccc3[nH]2)CC(C)(C)O1. The summed E-state index contributed by atoms with van der Waals surface area (Å²) < 4.78 is 11.3. The number of nitrogens with one attached hydrogen (secondary N) is 1. The van der Waals surface area contributed by atoms with Crippen LogP contribution in [-0.4, -0.2) is 53.4 Å². The van der Waals surface area contributed by atoms with E-state index in [0.29, 0.717) is 6.61 Å². The van der Waals surface area contributed by atoms with Crippen molar-refractivity contribution in [3.8, 4) is 0 Å². The van der Waals surface area contributed by atoms with Crippen molar-refractivity contribution >= 4 is 11.0 Å². The minimum Gasteiger partial charge on any atom is -0.382 e. The van der Waals surface area contributed by atoms with Crippen molar-refractivity contribution < 1.29 is 9.47 Å². The molecule has 1 aromatic heterocycles. The number of hydrogen-bond acceptors (Lipinski definition) is 4. The summed E-state index contributed by atoms with van der Waals surface area (Å²) in [5.74, 6) is 1.00. The minimum atomic E-state index is -0.159. The molecular formula is C16H23N3O2. The molecule has 21 heavy (non-hydrogen) atoms. The number of morpholine rings is 1. The van der Waals surface area contributed by atoms with Gasteiger partial charge in [0.1, 0.15) is 5.82 Å². The maximum atomic E-state index is 6.04. The fourth-order valence-electron chi connectivity index (χ4n) is 3.10. The molecule has 1 N–H and O–H groups in total. The summed E-state index contributed by atoms with van der Waals surface area (Å²) in [4.78, 5) is 10.4. The van der Waals surface area contributed by atoms with Gasteiger partial charge in [0.2, 0.25) is 0 Å². The molecule has 1 fully saturated rings. The number of H-pyrrole nitrogens is 1. The number of fused-ring (bicyclic) bond motifs is 1. The largest absolute Gasteiger partial charge is 0.382 e. The normalized spacial score (nSPS) is 22.7. The summed E-state index contributed by atoms with van der Waals surface area (Å²) in [5, 5.41) is 0. The predicted molar refractivity (Wildman–Crippen MR) is 82.2 cm³/mol. The molecule has 5 heteroatoms. The highest BCUT2D eigenvalue weighted by molar-refractivity contribution is 5.74. The van der Waals surface area contributed by atoms with E-state index in [9.17, 15) is 0 Å². The lowest BCUT2D eigenvalue weighted by Crippen LogP contribution is -2.53. The fraction of sp³-hybridized carbons (Fsp3) is 0.562. The summed E-state index contributed by atoms with van der Waals surface area (Å²) in [7, 11) is 1.72. The molecule has 114 valence electrons. The van der Waals surface area contributed by atoms with Crippen LogP contribution in [0.15, 0.2) is 24.3 Å². The lowest BCUT2D eigenvalue weighted by atomic mass is 10.1. The molecule has 1 aromatic carbocycles. The third-order valence-electron chi connectivity index (χ3n) is 3.72. The lowest BCUT2D eigenvalue weighted by molar-refractivity contribution is -0.154. The highest BCUT2D eigenvalue weighted by atomic mass is 16.5. The van der Waals surface area contributed by atoms with Gasteiger partial charge in [-0.15, -0.1) is 0 Å². The first-order valence-electron chi connectivity index (χ1n) is 7.38. The van der Waals surface area contributed by atoms with Gasteiger partial charge < -0.3 is 14.5 Å². The van der Waals surface area contributed by atoms with Crippen molar-refractivity contribution in [3.05, 3.63) is 30.1 Å². The Bertz CT molecular complexity index is 575. The highest BCUT2D eigenvalue weighted by Gasteiger charge is 2.33. The van der Waals surface area contributed by atoms with E-state index in [0.717, 1.165) is 36.5 Å². The Labute approximate surface area is 125 Å². The zero-order valence-corrected chi connectivity index (χ0v) is 12.9. The van der Waals surface area contributed by atoms with Gasteiger partial charge in [0.15, 0.2) is 0 Å². The van der Waals surface area contributed by atoms with Gasteiger partial charge in [-0.2, -0.15) is 0 Å². The Balaban J connectivity index is 1.73. The molecule has 1 atom stereocenters. The van der Waals surface area contributed by atoms with Gasteiger partial charge in [-0.25, -0.2) is 4.98 Å². The van der Waals surface area contributed by atoms with Crippen LogP contribution in [-0.2, 0) is 16.0 Å². The first kappa shape index (κ1) is 14.5. The fourth-order valence-corrected chi connectivity index (χ4v) is 3.10. The molecule has 0 saturated carbocycles. The number of benzene rings is 1. The average molecular weight is 289 g/mol. The molecule has 3 rings (SSSR count). The van der Waals surface area contributed by atoms with Crippen LogP contribution in [0.4, 0.5) is 0 Å². The molecule has 1 saturated heterocycles.